The minimum absolute atomic E-state index is 0.219. The number of rotatable bonds is 6. The van der Waals surface area contributed by atoms with Gasteiger partial charge < -0.3 is 5.32 Å². The third kappa shape index (κ3) is 4.60. The van der Waals surface area contributed by atoms with E-state index >= 15 is 0 Å². The summed E-state index contributed by atoms with van der Waals surface area (Å²) >= 11 is 0. The summed E-state index contributed by atoms with van der Waals surface area (Å²) in [6.45, 7) is 0.782. The maximum atomic E-state index is 12.2. The van der Waals surface area contributed by atoms with Crippen LogP contribution in [0.2, 0.25) is 0 Å². The summed E-state index contributed by atoms with van der Waals surface area (Å²) in [5, 5.41) is 6.97. The predicted octanol–water partition coefficient (Wildman–Crippen LogP) is 1.66. The lowest BCUT2D eigenvalue weighted by Crippen LogP contribution is -2.31. The molecule has 0 radical (unpaired) electrons. The largest absolute Gasteiger partial charge is 0.350 e. The summed E-state index contributed by atoms with van der Waals surface area (Å²) in [4.78, 5) is 28.4. The average Bonchev–Trinajstić information content (AvgIpc) is 2.65. The normalized spacial score (nSPS) is 10.4. The van der Waals surface area contributed by atoms with Gasteiger partial charge in [-0.25, -0.2) is 4.68 Å². The van der Waals surface area contributed by atoms with Crippen LogP contribution in [-0.2, 0) is 13.0 Å². The van der Waals surface area contributed by atoms with Crippen LogP contribution in [0, 0.1) is 0 Å². The Morgan fingerprint density at radius 3 is 2.56 bits per heavy atom. The van der Waals surface area contributed by atoms with Crippen LogP contribution in [0.5, 0.6) is 0 Å². The molecule has 2 heterocycles. The van der Waals surface area contributed by atoms with Crippen LogP contribution in [-0.4, -0.2) is 27.2 Å². The molecular formula is C19H18N4O2. The van der Waals surface area contributed by atoms with Crippen molar-refractivity contribution in [3.05, 3.63) is 94.2 Å². The van der Waals surface area contributed by atoms with Gasteiger partial charge in [0.15, 0.2) is 0 Å². The number of carbonyl (C=O) groups excluding carboxylic acids is 1. The van der Waals surface area contributed by atoms with E-state index in [4.69, 9.17) is 0 Å². The number of benzene rings is 1. The Labute approximate surface area is 145 Å². The van der Waals surface area contributed by atoms with Crippen LogP contribution >= 0.6 is 0 Å². The van der Waals surface area contributed by atoms with Crippen molar-refractivity contribution in [3.63, 3.8) is 0 Å². The van der Waals surface area contributed by atoms with Crippen LogP contribution in [0.15, 0.2) is 71.7 Å². The van der Waals surface area contributed by atoms with Crippen LogP contribution in [0.4, 0.5) is 0 Å². The van der Waals surface area contributed by atoms with E-state index in [-0.39, 0.29) is 17.2 Å². The van der Waals surface area contributed by atoms with Crippen molar-refractivity contribution < 1.29 is 4.79 Å². The second-order valence-electron chi connectivity index (χ2n) is 5.53. The molecule has 6 nitrogen and oxygen atoms in total. The van der Waals surface area contributed by atoms with Crippen molar-refractivity contribution in [2.45, 2.75) is 13.0 Å². The lowest BCUT2D eigenvalue weighted by Gasteiger charge is -2.08. The SMILES string of the molecule is O=C(NCCc1ccccn1)c1ccc(=O)n(Cc2ccccc2)n1. The van der Waals surface area contributed by atoms with Gasteiger partial charge in [0.2, 0.25) is 0 Å². The fourth-order valence-corrected chi connectivity index (χ4v) is 2.38. The summed E-state index contributed by atoms with van der Waals surface area (Å²) in [6, 6.07) is 18.0. The van der Waals surface area contributed by atoms with E-state index < -0.39 is 0 Å². The molecule has 3 aromatic rings. The highest BCUT2D eigenvalue weighted by Gasteiger charge is 2.09. The molecule has 126 valence electrons. The lowest BCUT2D eigenvalue weighted by molar-refractivity contribution is 0.0946. The second-order valence-corrected chi connectivity index (χ2v) is 5.53. The number of carbonyl (C=O) groups is 1. The van der Waals surface area contributed by atoms with Gasteiger partial charge in [-0.3, -0.25) is 14.6 Å². The summed E-state index contributed by atoms with van der Waals surface area (Å²) in [5.41, 5.74) is 1.83. The van der Waals surface area contributed by atoms with Crippen molar-refractivity contribution in [2.75, 3.05) is 6.54 Å². The van der Waals surface area contributed by atoms with E-state index in [1.165, 1.54) is 16.8 Å². The molecule has 1 N–H and O–H groups in total. The number of hydrogen-bond donors (Lipinski definition) is 1. The van der Waals surface area contributed by atoms with E-state index in [2.05, 4.69) is 15.4 Å². The van der Waals surface area contributed by atoms with Gasteiger partial charge in [0.25, 0.3) is 11.5 Å². The lowest BCUT2D eigenvalue weighted by atomic mass is 10.2. The van der Waals surface area contributed by atoms with Gasteiger partial charge in [-0.2, -0.15) is 5.10 Å². The van der Waals surface area contributed by atoms with E-state index in [0.29, 0.717) is 19.5 Å². The molecule has 0 unspecified atom stereocenters. The molecule has 0 spiro atoms. The zero-order valence-electron chi connectivity index (χ0n) is 13.6. The molecule has 0 aliphatic rings. The van der Waals surface area contributed by atoms with Gasteiger partial charge in [-0.15, -0.1) is 0 Å². The Kier molecular flexibility index (Phi) is 5.31. The average molecular weight is 334 g/mol. The molecule has 0 fully saturated rings. The van der Waals surface area contributed by atoms with Gasteiger partial charge in [0, 0.05) is 30.9 Å². The minimum atomic E-state index is -0.308. The van der Waals surface area contributed by atoms with Crippen molar-refractivity contribution in [1.82, 2.24) is 20.1 Å². The Morgan fingerprint density at radius 2 is 1.80 bits per heavy atom. The molecule has 6 heteroatoms. The monoisotopic (exact) mass is 334 g/mol. The molecule has 0 atom stereocenters. The third-order valence-electron chi connectivity index (χ3n) is 3.67. The van der Waals surface area contributed by atoms with E-state index in [9.17, 15) is 9.59 Å². The number of nitrogens with one attached hydrogen (secondary N) is 1. The first-order valence-corrected chi connectivity index (χ1v) is 8.02. The van der Waals surface area contributed by atoms with Gasteiger partial charge >= 0.3 is 0 Å². The standard InChI is InChI=1S/C19H18N4O2/c24-18-10-9-17(22-23(18)14-15-6-2-1-3-7-15)19(25)21-13-11-16-8-4-5-12-20-16/h1-10,12H,11,13-14H2,(H,21,25). The Morgan fingerprint density at radius 1 is 1.00 bits per heavy atom. The summed E-state index contributed by atoms with van der Waals surface area (Å²) in [6.07, 6.45) is 2.36. The van der Waals surface area contributed by atoms with Gasteiger partial charge in [-0.05, 0) is 23.8 Å². The fourth-order valence-electron chi connectivity index (χ4n) is 2.38. The first kappa shape index (κ1) is 16.6. The summed E-state index contributed by atoms with van der Waals surface area (Å²) < 4.78 is 1.29. The van der Waals surface area contributed by atoms with E-state index in [0.717, 1.165) is 11.3 Å². The maximum Gasteiger partial charge on any atom is 0.271 e. The molecule has 0 saturated heterocycles. The van der Waals surface area contributed by atoms with E-state index in [1.54, 1.807) is 6.20 Å². The highest BCUT2D eigenvalue weighted by molar-refractivity contribution is 5.91. The number of pyridine rings is 1. The van der Waals surface area contributed by atoms with Gasteiger partial charge in [0.05, 0.1) is 6.54 Å². The van der Waals surface area contributed by atoms with Crippen LogP contribution < -0.4 is 10.9 Å². The fraction of sp³-hybridized carbons (Fsp3) is 0.158. The molecule has 0 bridgehead atoms. The molecule has 25 heavy (non-hydrogen) atoms. The minimum Gasteiger partial charge on any atom is -0.350 e. The molecule has 0 aliphatic carbocycles. The topological polar surface area (TPSA) is 76.9 Å². The Balaban J connectivity index is 1.64. The third-order valence-corrected chi connectivity index (χ3v) is 3.67. The maximum absolute atomic E-state index is 12.2. The highest BCUT2D eigenvalue weighted by Crippen LogP contribution is 2.00. The quantitative estimate of drug-likeness (QED) is 0.744. The van der Waals surface area contributed by atoms with Crippen LogP contribution in [0.25, 0.3) is 0 Å². The Bertz CT molecular complexity index is 892. The van der Waals surface area contributed by atoms with Crippen molar-refractivity contribution in [1.29, 1.82) is 0 Å². The zero-order valence-corrected chi connectivity index (χ0v) is 13.6. The highest BCUT2D eigenvalue weighted by atomic mass is 16.2. The zero-order chi connectivity index (χ0) is 17.5. The summed E-state index contributed by atoms with van der Waals surface area (Å²) in [7, 11) is 0. The molecule has 0 aliphatic heterocycles. The van der Waals surface area contributed by atoms with Crippen molar-refractivity contribution in [3.8, 4) is 0 Å². The summed E-state index contributed by atoms with van der Waals surface area (Å²) in [5.74, 6) is -0.308. The van der Waals surface area contributed by atoms with E-state index in [1.807, 2.05) is 48.5 Å². The van der Waals surface area contributed by atoms with Gasteiger partial charge in [-0.1, -0.05) is 36.4 Å². The Hall–Kier alpha value is -3.28. The van der Waals surface area contributed by atoms with Crippen molar-refractivity contribution in [2.24, 2.45) is 0 Å². The molecule has 2 aromatic heterocycles. The van der Waals surface area contributed by atoms with Crippen molar-refractivity contribution >= 4 is 5.91 Å². The molecule has 3 rings (SSSR count). The number of hydrogen-bond acceptors (Lipinski definition) is 4. The van der Waals surface area contributed by atoms with Crippen LogP contribution in [0.3, 0.4) is 0 Å². The van der Waals surface area contributed by atoms with Crippen LogP contribution in [0.1, 0.15) is 21.7 Å². The number of amides is 1. The first-order valence-electron chi connectivity index (χ1n) is 8.02. The first-order chi connectivity index (χ1) is 12.2. The second kappa shape index (κ2) is 8.01. The predicted molar refractivity (Wildman–Crippen MR) is 94.3 cm³/mol. The van der Waals surface area contributed by atoms with Gasteiger partial charge in [0.1, 0.15) is 5.69 Å². The number of aromatic nitrogens is 3. The smallest absolute Gasteiger partial charge is 0.271 e. The molecule has 1 aromatic carbocycles. The number of nitrogens with zero attached hydrogens (tertiary/aromatic N) is 3. The molecule has 1 amide bonds. The molecular weight excluding hydrogens is 316 g/mol. The molecule has 0 saturated carbocycles.